The maximum Gasteiger partial charge on any atom is 0.342 e. The molecule has 160 valence electrons. The maximum atomic E-state index is 12.5. The highest BCUT2D eigenvalue weighted by atomic mass is 35.5. The van der Waals surface area contributed by atoms with Crippen molar-refractivity contribution in [2.45, 2.75) is 20.4 Å². The van der Waals surface area contributed by atoms with Gasteiger partial charge in [0.2, 0.25) is 0 Å². The number of hydrogen-bond acceptors (Lipinski definition) is 5. The van der Waals surface area contributed by atoms with Crippen molar-refractivity contribution in [1.29, 1.82) is 0 Å². The number of ether oxygens (including phenoxy) is 1. The topological polar surface area (TPSA) is 102 Å². The van der Waals surface area contributed by atoms with Crippen molar-refractivity contribution in [1.82, 2.24) is 20.6 Å². The Hall–Kier alpha value is -3.65. The fraction of sp³-hybridized carbons (Fsp3) is 0.182. The Morgan fingerprint density at radius 3 is 2.39 bits per heavy atom. The molecule has 1 heterocycles. The fourth-order valence-electron chi connectivity index (χ4n) is 2.96. The molecule has 31 heavy (non-hydrogen) atoms. The summed E-state index contributed by atoms with van der Waals surface area (Å²) in [6, 6.07) is 15.8. The standard InChI is InChI=1S/C22H21ClN4O4/c1-14-20(15(2)27(26-14)12-17-10-6-7-11-18(17)23)22(30)31-13-19(28)24-25-21(29)16-8-4-3-5-9-16/h3-11H,12-13H2,1-2H3,(H,24,28)(H,25,29). The molecular formula is C22H21ClN4O4. The minimum absolute atomic E-state index is 0.285. The predicted molar refractivity (Wildman–Crippen MR) is 115 cm³/mol. The van der Waals surface area contributed by atoms with Gasteiger partial charge in [0, 0.05) is 10.6 Å². The van der Waals surface area contributed by atoms with E-state index < -0.39 is 24.4 Å². The smallest absolute Gasteiger partial charge is 0.342 e. The van der Waals surface area contributed by atoms with Crippen LogP contribution < -0.4 is 10.9 Å². The van der Waals surface area contributed by atoms with E-state index >= 15 is 0 Å². The average molecular weight is 441 g/mol. The van der Waals surface area contributed by atoms with E-state index in [1.807, 2.05) is 18.2 Å². The third-order valence-electron chi connectivity index (χ3n) is 4.55. The van der Waals surface area contributed by atoms with Crippen molar-refractivity contribution in [3.63, 3.8) is 0 Å². The molecule has 8 nitrogen and oxygen atoms in total. The summed E-state index contributed by atoms with van der Waals surface area (Å²) in [7, 11) is 0. The molecule has 1 aromatic heterocycles. The minimum atomic E-state index is -0.676. The Kier molecular flexibility index (Phi) is 7.04. The zero-order chi connectivity index (χ0) is 22.4. The van der Waals surface area contributed by atoms with Crippen LogP contribution in [0.25, 0.3) is 0 Å². The van der Waals surface area contributed by atoms with E-state index in [2.05, 4.69) is 16.0 Å². The quantitative estimate of drug-likeness (QED) is 0.453. The molecule has 0 radical (unpaired) electrons. The van der Waals surface area contributed by atoms with Crippen LogP contribution in [-0.4, -0.2) is 34.2 Å². The van der Waals surface area contributed by atoms with Gasteiger partial charge in [0.05, 0.1) is 17.9 Å². The first kappa shape index (κ1) is 22.0. The fourth-order valence-corrected chi connectivity index (χ4v) is 3.16. The van der Waals surface area contributed by atoms with Crippen LogP contribution in [0.3, 0.4) is 0 Å². The van der Waals surface area contributed by atoms with Crippen LogP contribution in [0.2, 0.25) is 5.02 Å². The number of hydrazine groups is 1. The van der Waals surface area contributed by atoms with E-state index in [-0.39, 0.29) is 5.56 Å². The Morgan fingerprint density at radius 2 is 1.68 bits per heavy atom. The number of carbonyl (C=O) groups is 3. The van der Waals surface area contributed by atoms with Crippen molar-refractivity contribution in [2.24, 2.45) is 0 Å². The summed E-state index contributed by atoms with van der Waals surface area (Å²) in [5, 5.41) is 4.99. The number of nitrogens with one attached hydrogen (secondary N) is 2. The van der Waals surface area contributed by atoms with Crippen molar-refractivity contribution >= 4 is 29.4 Å². The highest BCUT2D eigenvalue weighted by Gasteiger charge is 2.21. The summed E-state index contributed by atoms with van der Waals surface area (Å²) in [5.74, 6) is -1.82. The number of carbonyl (C=O) groups excluding carboxylic acids is 3. The second kappa shape index (κ2) is 9.90. The van der Waals surface area contributed by atoms with Gasteiger partial charge in [0.25, 0.3) is 11.8 Å². The monoisotopic (exact) mass is 440 g/mol. The Balaban J connectivity index is 1.57. The number of aryl methyl sites for hydroxylation is 1. The first-order chi connectivity index (χ1) is 14.9. The molecular weight excluding hydrogens is 420 g/mol. The van der Waals surface area contributed by atoms with Gasteiger partial charge >= 0.3 is 5.97 Å². The Morgan fingerprint density at radius 1 is 1.00 bits per heavy atom. The number of halogens is 1. The summed E-state index contributed by atoms with van der Waals surface area (Å²) in [6.07, 6.45) is 0. The molecule has 2 N–H and O–H groups in total. The summed E-state index contributed by atoms with van der Waals surface area (Å²) in [4.78, 5) is 36.4. The van der Waals surface area contributed by atoms with E-state index in [0.717, 1.165) is 5.56 Å². The predicted octanol–water partition coefficient (Wildman–Crippen LogP) is 2.82. The molecule has 0 saturated heterocycles. The van der Waals surface area contributed by atoms with Crippen LogP contribution in [-0.2, 0) is 16.1 Å². The number of esters is 1. The van der Waals surface area contributed by atoms with Gasteiger partial charge in [-0.15, -0.1) is 0 Å². The summed E-state index contributed by atoms with van der Waals surface area (Å²) in [6.45, 7) is 3.27. The van der Waals surface area contributed by atoms with Crippen molar-refractivity contribution in [3.05, 3.63) is 87.7 Å². The van der Waals surface area contributed by atoms with E-state index in [1.54, 1.807) is 54.9 Å². The molecule has 0 unspecified atom stereocenters. The molecule has 0 aliphatic carbocycles. The lowest BCUT2D eigenvalue weighted by molar-refractivity contribution is -0.125. The summed E-state index contributed by atoms with van der Waals surface area (Å²) >= 11 is 6.20. The number of hydrogen-bond donors (Lipinski definition) is 2. The molecule has 0 bridgehead atoms. The minimum Gasteiger partial charge on any atom is -0.452 e. The molecule has 0 aliphatic heterocycles. The van der Waals surface area contributed by atoms with Crippen molar-refractivity contribution in [3.8, 4) is 0 Å². The maximum absolute atomic E-state index is 12.5. The van der Waals surface area contributed by atoms with Crippen LogP contribution in [0.4, 0.5) is 0 Å². The van der Waals surface area contributed by atoms with E-state index in [9.17, 15) is 14.4 Å². The van der Waals surface area contributed by atoms with Gasteiger partial charge in [-0.25, -0.2) is 4.79 Å². The first-order valence-corrected chi connectivity index (χ1v) is 9.83. The van der Waals surface area contributed by atoms with Crippen LogP contribution >= 0.6 is 11.6 Å². The SMILES string of the molecule is Cc1nn(Cc2ccccc2Cl)c(C)c1C(=O)OCC(=O)NNC(=O)c1ccccc1. The van der Waals surface area contributed by atoms with Crippen LogP contribution in [0.1, 0.15) is 37.7 Å². The summed E-state index contributed by atoms with van der Waals surface area (Å²) in [5.41, 5.74) is 7.08. The molecule has 2 amide bonds. The largest absolute Gasteiger partial charge is 0.452 e. The molecule has 3 aromatic rings. The third-order valence-corrected chi connectivity index (χ3v) is 4.92. The molecule has 9 heteroatoms. The van der Waals surface area contributed by atoms with Crippen LogP contribution in [0.15, 0.2) is 54.6 Å². The molecule has 0 saturated carbocycles. The number of amides is 2. The van der Waals surface area contributed by atoms with Crippen LogP contribution in [0, 0.1) is 13.8 Å². The van der Waals surface area contributed by atoms with Gasteiger partial charge < -0.3 is 4.74 Å². The zero-order valence-electron chi connectivity index (χ0n) is 17.0. The van der Waals surface area contributed by atoms with Gasteiger partial charge in [0.1, 0.15) is 5.56 Å². The average Bonchev–Trinajstić information content (AvgIpc) is 3.05. The number of benzene rings is 2. The Labute approximate surface area is 184 Å². The summed E-state index contributed by atoms with van der Waals surface area (Å²) < 4.78 is 6.76. The first-order valence-electron chi connectivity index (χ1n) is 9.45. The number of rotatable bonds is 6. The van der Waals surface area contributed by atoms with Gasteiger partial charge in [-0.3, -0.25) is 25.1 Å². The Bertz CT molecular complexity index is 1110. The zero-order valence-corrected chi connectivity index (χ0v) is 17.8. The highest BCUT2D eigenvalue weighted by Crippen LogP contribution is 2.20. The second-order valence-electron chi connectivity index (χ2n) is 6.74. The van der Waals surface area contributed by atoms with Gasteiger partial charge in [-0.05, 0) is 37.6 Å². The van der Waals surface area contributed by atoms with Gasteiger partial charge in [-0.1, -0.05) is 48.0 Å². The number of nitrogens with zero attached hydrogens (tertiary/aromatic N) is 2. The van der Waals surface area contributed by atoms with Crippen molar-refractivity contribution in [2.75, 3.05) is 6.61 Å². The van der Waals surface area contributed by atoms with Gasteiger partial charge in [0.15, 0.2) is 6.61 Å². The van der Waals surface area contributed by atoms with E-state index in [0.29, 0.717) is 28.5 Å². The second-order valence-corrected chi connectivity index (χ2v) is 7.15. The lowest BCUT2D eigenvalue weighted by Gasteiger charge is -2.09. The molecule has 0 spiro atoms. The van der Waals surface area contributed by atoms with E-state index in [1.165, 1.54) is 0 Å². The molecule has 0 fully saturated rings. The van der Waals surface area contributed by atoms with Gasteiger partial charge in [-0.2, -0.15) is 5.10 Å². The lowest BCUT2D eigenvalue weighted by atomic mass is 10.2. The molecule has 2 aromatic carbocycles. The number of aromatic nitrogens is 2. The normalized spacial score (nSPS) is 10.4. The molecule has 0 aliphatic rings. The lowest BCUT2D eigenvalue weighted by Crippen LogP contribution is -2.43. The van der Waals surface area contributed by atoms with Crippen LogP contribution in [0.5, 0.6) is 0 Å². The van der Waals surface area contributed by atoms with E-state index in [4.69, 9.17) is 16.3 Å². The van der Waals surface area contributed by atoms with Crippen molar-refractivity contribution < 1.29 is 19.1 Å². The molecule has 0 atom stereocenters. The highest BCUT2D eigenvalue weighted by molar-refractivity contribution is 6.31. The third kappa shape index (κ3) is 5.49. The molecule has 3 rings (SSSR count).